The summed E-state index contributed by atoms with van der Waals surface area (Å²) in [5.74, 6) is -0.490. The molecule has 0 atom stereocenters. The van der Waals surface area contributed by atoms with Gasteiger partial charge in [-0.25, -0.2) is 0 Å². The van der Waals surface area contributed by atoms with E-state index in [-0.39, 0.29) is 86.9 Å². The summed E-state index contributed by atoms with van der Waals surface area (Å²) >= 11 is 0. The molecule has 0 aromatic heterocycles. The first-order valence-corrected chi connectivity index (χ1v) is 2.93. The molecule has 2 nitrogen and oxygen atoms in total. The largest absolute Gasteiger partial charge is 1.00 e. The molecule has 1 aromatic carbocycles. The van der Waals surface area contributed by atoms with Gasteiger partial charge in [0.15, 0.2) is 11.5 Å². The monoisotopic (exact) mass is 326 g/mol. The summed E-state index contributed by atoms with van der Waals surface area (Å²) in [6.07, 6.45) is 0. The Morgan fingerprint density at radius 2 is 1.77 bits per heavy atom. The van der Waals surface area contributed by atoms with Gasteiger partial charge in [0.05, 0.1) is 0 Å². The summed E-state index contributed by atoms with van der Waals surface area (Å²) < 4.78 is 27.1. The molecule has 0 saturated heterocycles. The van der Waals surface area contributed by atoms with Crippen LogP contribution in [0.5, 0.6) is 11.5 Å². The predicted octanol–water partition coefficient (Wildman–Crippen LogP) is -4.00. The molecule has 0 heterocycles. The Hall–Kier alpha value is 1.05. The second kappa shape index (κ2) is 8.36. The minimum atomic E-state index is -2.90. The second-order valence-corrected chi connectivity index (χ2v) is 1.85. The van der Waals surface area contributed by atoms with Crippen LogP contribution in [-0.2, 0) is 0 Å². The van der Waals surface area contributed by atoms with Crippen molar-refractivity contribution in [2.45, 2.75) is 6.61 Å². The molecule has 68 valence electrons. The molecule has 1 aromatic rings. The number of aromatic hydroxyl groups is 1. The van der Waals surface area contributed by atoms with E-state index >= 15 is 0 Å². The SMILES string of the molecule is Oc1ccccc1OC(F)F.[I-].[K+]. The number of hydrogen-bond donors (Lipinski definition) is 1. The second-order valence-electron chi connectivity index (χ2n) is 1.85. The Bertz CT molecular complexity index is 248. The van der Waals surface area contributed by atoms with Crippen LogP contribution in [0.25, 0.3) is 0 Å². The summed E-state index contributed by atoms with van der Waals surface area (Å²) in [7, 11) is 0. The Balaban J connectivity index is 0. The Morgan fingerprint density at radius 1 is 1.23 bits per heavy atom. The van der Waals surface area contributed by atoms with E-state index < -0.39 is 6.61 Å². The number of halogens is 3. The van der Waals surface area contributed by atoms with Crippen molar-refractivity contribution in [1.29, 1.82) is 0 Å². The predicted molar refractivity (Wildman–Crippen MR) is 34.7 cm³/mol. The van der Waals surface area contributed by atoms with E-state index in [4.69, 9.17) is 5.11 Å². The minimum absolute atomic E-state index is 0. The van der Waals surface area contributed by atoms with Gasteiger partial charge < -0.3 is 33.8 Å². The van der Waals surface area contributed by atoms with Crippen molar-refractivity contribution in [3.05, 3.63) is 24.3 Å². The van der Waals surface area contributed by atoms with Crippen LogP contribution in [0, 0.1) is 0 Å². The fourth-order valence-electron chi connectivity index (χ4n) is 0.653. The number of rotatable bonds is 2. The first-order chi connectivity index (χ1) is 5.20. The number of phenolic OH excluding ortho intramolecular Hbond substituents is 1. The fraction of sp³-hybridized carbons (Fsp3) is 0.143. The summed E-state index contributed by atoms with van der Waals surface area (Å²) in [5.41, 5.74) is 0. The molecule has 0 bridgehead atoms. The summed E-state index contributed by atoms with van der Waals surface area (Å²) in [6.45, 7) is -2.90. The van der Waals surface area contributed by atoms with Crippen molar-refractivity contribution in [2.24, 2.45) is 0 Å². The molecule has 0 aliphatic rings. The van der Waals surface area contributed by atoms with Crippen LogP contribution >= 0.6 is 0 Å². The number of ether oxygens (including phenoxy) is 1. The van der Waals surface area contributed by atoms with E-state index in [1.54, 1.807) is 0 Å². The van der Waals surface area contributed by atoms with E-state index in [0.29, 0.717) is 0 Å². The number of benzene rings is 1. The molecular formula is C7H6F2IKO2. The van der Waals surface area contributed by atoms with Gasteiger partial charge in [0, 0.05) is 0 Å². The van der Waals surface area contributed by atoms with Gasteiger partial charge in [-0.15, -0.1) is 0 Å². The topological polar surface area (TPSA) is 29.5 Å². The van der Waals surface area contributed by atoms with Gasteiger partial charge in [-0.3, -0.25) is 0 Å². The van der Waals surface area contributed by atoms with Gasteiger partial charge in [0.25, 0.3) is 0 Å². The van der Waals surface area contributed by atoms with Gasteiger partial charge >= 0.3 is 58.0 Å². The van der Waals surface area contributed by atoms with Crippen LogP contribution in [0.3, 0.4) is 0 Å². The Kier molecular flexibility index (Phi) is 10.6. The summed E-state index contributed by atoms with van der Waals surface area (Å²) in [6, 6.07) is 5.56. The zero-order chi connectivity index (χ0) is 8.27. The third-order valence-electron chi connectivity index (χ3n) is 1.08. The minimum Gasteiger partial charge on any atom is -1.00 e. The molecule has 13 heavy (non-hydrogen) atoms. The van der Waals surface area contributed by atoms with Crippen LogP contribution in [0.2, 0.25) is 0 Å². The maximum absolute atomic E-state index is 11.6. The molecule has 0 unspecified atom stereocenters. The van der Waals surface area contributed by atoms with Crippen molar-refractivity contribution < 1.29 is 94.0 Å². The van der Waals surface area contributed by atoms with Crippen LogP contribution in [-0.4, -0.2) is 11.7 Å². The molecule has 0 amide bonds. The van der Waals surface area contributed by atoms with Crippen molar-refractivity contribution in [1.82, 2.24) is 0 Å². The number of hydrogen-bond acceptors (Lipinski definition) is 2. The molecule has 1 N–H and O–H groups in total. The van der Waals surface area contributed by atoms with Crippen LogP contribution in [0.15, 0.2) is 24.3 Å². The van der Waals surface area contributed by atoms with E-state index in [1.807, 2.05) is 0 Å². The smallest absolute Gasteiger partial charge is 1.00 e. The standard InChI is InChI=1S/C7H6F2O2.HI.K/c8-7(9)11-6-4-2-1-3-5(6)10;;/h1-4,7,10H;1H;/q;;+1/p-1. The molecule has 6 heteroatoms. The van der Waals surface area contributed by atoms with E-state index in [0.717, 1.165) is 0 Å². The zero-order valence-corrected chi connectivity index (χ0v) is 12.2. The van der Waals surface area contributed by atoms with Crippen molar-refractivity contribution in [3.63, 3.8) is 0 Å². The summed E-state index contributed by atoms with van der Waals surface area (Å²) in [5, 5.41) is 8.90. The third-order valence-corrected chi connectivity index (χ3v) is 1.08. The zero-order valence-electron chi connectivity index (χ0n) is 6.88. The molecule has 0 fully saturated rings. The summed E-state index contributed by atoms with van der Waals surface area (Å²) in [4.78, 5) is 0. The van der Waals surface area contributed by atoms with Crippen molar-refractivity contribution >= 4 is 0 Å². The molecule has 1 rings (SSSR count). The first-order valence-electron chi connectivity index (χ1n) is 2.93. The van der Waals surface area contributed by atoms with Gasteiger partial charge in [0.1, 0.15) is 0 Å². The van der Waals surface area contributed by atoms with Crippen LogP contribution in [0.1, 0.15) is 0 Å². The van der Waals surface area contributed by atoms with Crippen molar-refractivity contribution in [3.8, 4) is 11.5 Å². The molecule has 0 saturated carbocycles. The normalized spacial score (nSPS) is 8.54. The molecule has 0 aliphatic heterocycles. The van der Waals surface area contributed by atoms with Gasteiger partial charge in [-0.1, -0.05) is 12.1 Å². The van der Waals surface area contributed by atoms with Gasteiger partial charge in [0.2, 0.25) is 0 Å². The third kappa shape index (κ3) is 6.18. The van der Waals surface area contributed by atoms with Crippen molar-refractivity contribution in [2.75, 3.05) is 0 Å². The van der Waals surface area contributed by atoms with E-state index in [2.05, 4.69) is 4.74 Å². The fourth-order valence-corrected chi connectivity index (χ4v) is 0.653. The molecule has 0 aliphatic carbocycles. The van der Waals surface area contributed by atoms with Crippen LogP contribution < -0.4 is 80.1 Å². The van der Waals surface area contributed by atoms with Gasteiger partial charge in [-0.2, -0.15) is 8.78 Å². The average molecular weight is 326 g/mol. The van der Waals surface area contributed by atoms with E-state index in [1.165, 1.54) is 24.3 Å². The van der Waals surface area contributed by atoms with Crippen LogP contribution in [0.4, 0.5) is 8.78 Å². The number of alkyl halides is 2. The maximum Gasteiger partial charge on any atom is 1.00 e. The maximum atomic E-state index is 11.6. The Morgan fingerprint density at radius 3 is 2.23 bits per heavy atom. The molecular weight excluding hydrogens is 320 g/mol. The van der Waals surface area contributed by atoms with Gasteiger partial charge in [-0.05, 0) is 12.1 Å². The first kappa shape index (κ1) is 16.5. The number of para-hydroxylation sites is 2. The average Bonchev–Trinajstić information content (AvgIpc) is 1.93. The number of phenols is 1. The van der Waals surface area contributed by atoms with E-state index in [9.17, 15) is 8.78 Å². The quantitative estimate of drug-likeness (QED) is 0.444. The molecule has 0 spiro atoms. The Labute approximate surface area is 134 Å². The molecule has 0 radical (unpaired) electrons.